The van der Waals surface area contributed by atoms with Gasteiger partial charge in [-0.2, -0.15) is 0 Å². The summed E-state index contributed by atoms with van der Waals surface area (Å²) >= 11 is 0. The molecule has 2 saturated carbocycles. The van der Waals surface area contributed by atoms with E-state index in [4.69, 9.17) is 4.74 Å². The number of carbonyl (C=O) groups is 1. The van der Waals surface area contributed by atoms with Crippen LogP contribution in [-0.2, 0) is 9.53 Å². The molecule has 0 unspecified atom stereocenters. The van der Waals surface area contributed by atoms with Crippen LogP contribution in [0.3, 0.4) is 0 Å². The number of ether oxygens (including phenoxy) is 1. The Morgan fingerprint density at radius 2 is 2.03 bits per heavy atom. The van der Waals surface area contributed by atoms with Gasteiger partial charge in [-0.05, 0) is 105 Å². The second-order valence-electron chi connectivity index (χ2n) is 12.4. The van der Waals surface area contributed by atoms with E-state index in [1.807, 2.05) is 0 Å². The number of carbonyl (C=O) groups excluding carboxylic acids is 1. The fourth-order valence-electron chi connectivity index (χ4n) is 8.16. The summed E-state index contributed by atoms with van der Waals surface area (Å²) < 4.78 is 5.51. The van der Waals surface area contributed by atoms with Gasteiger partial charge in [-0.15, -0.1) is 0 Å². The fourth-order valence-corrected chi connectivity index (χ4v) is 8.16. The molecule has 0 aromatic heterocycles. The number of rotatable bonds is 7. The topological polar surface area (TPSA) is 46.5 Å². The summed E-state index contributed by atoms with van der Waals surface area (Å²) in [6, 6.07) is 0. The van der Waals surface area contributed by atoms with Gasteiger partial charge in [0, 0.05) is 6.08 Å². The summed E-state index contributed by atoms with van der Waals surface area (Å²) in [5.74, 6) is 2.97. The van der Waals surface area contributed by atoms with Crippen molar-refractivity contribution in [1.29, 1.82) is 0 Å². The van der Waals surface area contributed by atoms with Crippen molar-refractivity contribution in [3.63, 3.8) is 0 Å². The van der Waals surface area contributed by atoms with Gasteiger partial charge in [0.15, 0.2) is 0 Å². The van der Waals surface area contributed by atoms with E-state index in [0.717, 1.165) is 18.3 Å². The van der Waals surface area contributed by atoms with Crippen LogP contribution in [0.4, 0.5) is 0 Å². The van der Waals surface area contributed by atoms with Crippen molar-refractivity contribution >= 4 is 5.97 Å². The van der Waals surface area contributed by atoms with Crippen molar-refractivity contribution in [3.05, 3.63) is 48.6 Å². The summed E-state index contributed by atoms with van der Waals surface area (Å²) in [7, 11) is 0. The standard InChI is InChI=1S/C30H44O3/c1-7-27(31)33-26(28(3,4)32)16-11-20(2)23-14-15-24-22-13-12-21-10-8-9-18-29(21,5)25(22)17-19-30(23,24)6/h7-10,12-13,20,22-26,32H,1,11,14-19H2,2-6H3/t20-,22+,23-,24+,25+,26+,29+,30-/m1/s1. The van der Waals surface area contributed by atoms with Crippen LogP contribution in [-0.4, -0.2) is 22.8 Å². The van der Waals surface area contributed by atoms with E-state index in [0.29, 0.717) is 35.0 Å². The molecule has 33 heavy (non-hydrogen) atoms. The van der Waals surface area contributed by atoms with Crippen LogP contribution in [0.2, 0.25) is 0 Å². The van der Waals surface area contributed by atoms with Crippen LogP contribution in [0.5, 0.6) is 0 Å². The average molecular weight is 453 g/mol. The van der Waals surface area contributed by atoms with E-state index in [1.165, 1.54) is 43.8 Å². The molecular weight excluding hydrogens is 408 g/mol. The zero-order valence-corrected chi connectivity index (χ0v) is 21.3. The highest BCUT2D eigenvalue weighted by molar-refractivity contribution is 5.81. The molecular formula is C30H44O3. The number of hydrogen-bond acceptors (Lipinski definition) is 3. The van der Waals surface area contributed by atoms with Gasteiger partial charge in [0.1, 0.15) is 6.10 Å². The van der Waals surface area contributed by atoms with Gasteiger partial charge >= 0.3 is 5.97 Å². The molecule has 0 radical (unpaired) electrons. The maximum Gasteiger partial charge on any atom is 0.330 e. The van der Waals surface area contributed by atoms with Crippen molar-refractivity contribution in [1.82, 2.24) is 0 Å². The molecule has 0 amide bonds. The van der Waals surface area contributed by atoms with Crippen LogP contribution in [0.1, 0.15) is 79.6 Å². The van der Waals surface area contributed by atoms with Crippen LogP contribution in [0, 0.1) is 40.4 Å². The zero-order valence-electron chi connectivity index (χ0n) is 21.3. The van der Waals surface area contributed by atoms with Gasteiger partial charge in [-0.3, -0.25) is 0 Å². The molecule has 4 aliphatic carbocycles. The Balaban J connectivity index is 1.47. The molecule has 0 saturated heterocycles. The van der Waals surface area contributed by atoms with Gasteiger partial charge in [-0.25, -0.2) is 4.79 Å². The summed E-state index contributed by atoms with van der Waals surface area (Å²) in [5.41, 5.74) is 1.15. The molecule has 0 heterocycles. The van der Waals surface area contributed by atoms with Crippen LogP contribution in [0.25, 0.3) is 0 Å². The highest BCUT2D eigenvalue weighted by atomic mass is 16.6. The van der Waals surface area contributed by atoms with E-state index in [2.05, 4.69) is 57.7 Å². The highest BCUT2D eigenvalue weighted by Crippen LogP contribution is 2.66. The normalized spacial score (nSPS) is 39.0. The molecule has 0 aromatic rings. The lowest BCUT2D eigenvalue weighted by molar-refractivity contribution is -0.157. The van der Waals surface area contributed by atoms with Crippen molar-refractivity contribution in [2.24, 2.45) is 40.4 Å². The predicted octanol–water partition coefficient (Wildman–Crippen LogP) is 6.79. The molecule has 0 bridgehead atoms. The number of fused-ring (bicyclic) bond motifs is 5. The molecule has 182 valence electrons. The molecule has 8 atom stereocenters. The first-order valence-electron chi connectivity index (χ1n) is 13.1. The lowest BCUT2D eigenvalue weighted by Crippen LogP contribution is -2.48. The Kier molecular flexibility index (Phi) is 6.59. The first-order chi connectivity index (χ1) is 15.5. The molecule has 2 fully saturated rings. The van der Waals surface area contributed by atoms with Gasteiger partial charge in [0.25, 0.3) is 0 Å². The molecule has 0 aliphatic heterocycles. The van der Waals surface area contributed by atoms with E-state index < -0.39 is 17.7 Å². The minimum Gasteiger partial charge on any atom is -0.456 e. The number of esters is 1. The van der Waals surface area contributed by atoms with Crippen LogP contribution < -0.4 is 0 Å². The van der Waals surface area contributed by atoms with E-state index in [1.54, 1.807) is 13.8 Å². The Labute approximate surface area is 201 Å². The molecule has 4 rings (SSSR count). The Morgan fingerprint density at radius 3 is 2.73 bits per heavy atom. The van der Waals surface area contributed by atoms with Crippen LogP contribution in [0.15, 0.2) is 48.6 Å². The number of hydrogen-bond donors (Lipinski definition) is 1. The largest absolute Gasteiger partial charge is 0.456 e. The monoisotopic (exact) mass is 452 g/mol. The smallest absolute Gasteiger partial charge is 0.330 e. The van der Waals surface area contributed by atoms with Crippen LogP contribution >= 0.6 is 0 Å². The first-order valence-corrected chi connectivity index (χ1v) is 13.1. The number of allylic oxidation sites excluding steroid dienone is 6. The Hall–Kier alpha value is -1.61. The second-order valence-corrected chi connectivity index (χ2v) is 12.4. The van der Waals surface area contributed by atoms with Crippen molar-refractivity contribution in [2.45, 2.75) is 91.3 Å². The van der Waals surface area contributed by atoms with Gasteiger partial charge in [0.2, 0.25) is 0 Å². The highest BCUT2D eigenvalue weighted by Gasteiger charge is 2.58. The SMILES string of the molecule is C=CC(=O)O[C@@H](CC[C@@H](C)[C@H]1CC[C@H]2[C@@H]3C=CC4=CC=CC[C@]4(C)[C@H]3CC[C@]12C)C(C)(C)O. The minimum absolute atomic E-state index is 0.300. The van der Waals surface area contributed by atoms with Crippen molar-refractivity contribution < 1.29 is 14.6 Å². The molecule has 0 aromatic carbocycles. The fraction of sp³-hybridized carbons (Fsp3) is 0.700. The van der Waals surface area contributed by atoms with Gasteiger partial charge in [-0.1, -0.05) is 57.7 Å². The molecule has 1 N–H and O–H groups in total. The number of aliphatic hydroxyl groups is 1. The molecule has 3 nitrogen and oxygen atoms in total. The molecule has 0 spiro atoms. The third-order valence-electron chi connectivity index (χ3n) is 10.1. The van der Waals surface area contributed by atoms with Gasteiger partial charge in [0.05, 0.1) is 5.60 Å². The summed E-state index contributed by atoms with van der Waals surface area (Å²) in [6.45, 7) is 14.4. The van der Waals surface area contributed by atoms with Gasteiger partial charge < -0.3 is 9.84 Å². The van der Waals surface area contributed by atoms with Crippen molar-refractivity contribution in [2.75, 3.05) is 0 Å². The average Bonchev–Trinajstić information content (AvgIpc) is 3.12. The quantitative estimate of drug-likeness (QED) is 0.341. The lowest BCUT2D eigenvalue weighted by Gasteiger charge is -2.56. The summed E-state index contributed by atoms with van der Waals surface area (Å²) in [6.07, 6.45) is 20.7. The van der Waals surface area contributed by atoms with E-state index in [-0.39, 0.29) is 0 Å². The van der Waals surface area contributed by atoms with E-state index >= 15 is 0 Å². The summed E-state index contributed by atoms with van der Waals surface area (Å²) in [5, 5.41) is 10.6. The third-order valence-corrected chi connectivity index (χ3v) is 10.1. The van der Waals surface area contributed by atoms with E-state index in [9.17, 15) is 9.90 Å². The summed E-state index contributed by atoms with van der Waals surface area (Å²) in [4.78, 5) is 11.8. The Bertz CT molecular complexity index is 858. The minimum atomic E-state index is -1.05. The first kappa shape index (κ1) is 24.5. The predicted molar refractivity (Wildman–Crippen MR) is 134 cm³/mol. The lowest BCUT2D eigenvalue weighted by atomic mass is 9.48. The zero-order chi connectivity index (χ0) is 24.0. The maximum atomic E-state index is 11.8. The second kappa shape index (κ2) is 8.87. The third kappa shape index (κ3) is 4.31. The molecule has 3 heteroatoms. The van der Waals surface area contributed by atoms with Crippen molar-refractivity contribution in [3.8, 4) is 0 Å². The Morgan fingerprint density at radius 1 is 1.27 bits per heavy atom. The molecule has 4 aliphatic rings. The maximum absolute atomic E-state index is 11.8.